The normalized spacial score (nSPS) is 16.2. The number of hydrogen-bond donors (Lipinski definition) is 4. The zero-order valence-corrected chi connectivity index (χ0v) is 26.7. The van der Waals surface area contributed by atoms with Crippen molar-refractivity contribution in [2.45, 2.75) is 64.3 Å². The summed E-state index contributed by atoms with van der Waals surface area (Å²) in [6, 6.07) is 12.8. The minimum absolute atomic E-state index is 0.111. The number of fused-ring (bicyclic) bond motifs is 2. The van der Waals surface area contributed by atoms with Gasteiger partial charge in [-0.05, 0) is 53.5 Å². The summed E-state index contributed by atoms with van der Waals surface area (Å²) in [7, 11) is 0. The molecular formula is C34H32F5N9O. The van der Waals surface area contributed by atoms with Crippen molar-refractivity contribution in [2.75, 3.05) is 17.2 Å². The molecule has 2 aromatic carbocycles. The molecule has 1 saturated carbocycles. The molecule has 2 aliphatic rings. The van der Waals surface area contributed by atoms with E-state index in [4.69, 9.17) is 0 Å². The second kappa shape index (κ2) is 12.2. The molecule has 0 bridgehead atoms. The van der Waals surface area contributed by atoms with Crippen LogP contribution in [0.15, 0.2) is 65.5 Å². The zero-order valence-electron chi connectivity index (χ0n) is 26.7. The molecule has 4 aromatic rings. The first kappa shape index (κ1) is 33.5. The monoisotopic (exact) mass is 677 g/mol. The molecule has 0 unspecified atom stereocenters. The third kappa shape index (κ3) is 6.29. The van der Waals surface area contributed by atoms with Gasteiger partial charge in [0.15, 0.2) is 5.54 Å². The molecule has 0 radical (unpaired) electrons. The number of anilines is 2. The van der Waals surface area contributed by atoms with E-state index in [2.05, 4.69) is 38.7 Å². The number of hydrogen-bond acceptors (Lipinski definition) is 9. The molecule has 254 valence electrons. The maximum atomic E-state index is 14.1. The molecule has 15 heteroatoms. The Morgan fingerprint density at radius 3 is 2.41 bits per heavy atom. The number of nitrogens with one attached hydrogen (secondary N) is 4. The predicted molar refractivity (Wildman–Crippen MR) is 174 cm³/mol. The first-order valence-corrected chi connectivity index (χ1v) is 15.4. The summed E-state index contributed by atoms with van der Waals surface area (Å²) in [4.78, 5) is 17.6. The SMILES string of the molecule is CC(C)(C)CNc1c(C#N)cnc2c(C#N)cc(N[C@H](C3=CN(C4(C(F)(F)F)CC4)NN3)c3cccc4c(=O)n(CC(F)F)ccc34)cc12. The van der Waals surface area contributed by atoms with E-state index in [1.54, 1.807) is 24.3 Å². The lowest BCUT2D eigenvalue weighted by atomic mass is 9.96. The van der Waals surface area contributed by atoms with Gasteiger partial charge in [0.05, 0.1) is 40.6 Å². The highest BCUT2D eigenvalue weighted by molar-refractivity contribution is 5.99. The van der Waals surface area contributed by atoms with E-state index in [1.807, 2.05) is 20.8 Å². The van der Waals surface area contributed by atoms with Gasteiger partial charge in [0.1, 0.15) is 12.1 Å². The van der Waals surface area contributed by atoms with Crippen molar-refractivity contribution in [3.8, 4) is 12.1 Å². The minimum atomic E-state index is -4.52. The number of pyridine rings is 2. The number of aromatic nitrogens is 2. The van der Waals surface area contributed by atoms with Crippen molar-refractivity contribution in [1.82, 2.24) is 25.5 Å². The molecule has 3 heterocycles. The summed E-state index contributed by atoms with van der Waals surface area (Å²) in [6.45, 7) is 5.74. The van der Waals surface area contributed by atoms with E-state index in [1.165, 1.54) is 30.7 Å². The van der Waals surface area contributed by atoms with Crippen LogP contribution in [0.1, 0.15) is 56.3 Å². The van der Waals surface area contributed by atoms with E-state index in [-0.39, 0.29) is 40.5 Å². The van der Waals surface area contributed by atoms with Gasteiger partial charge in [-0.3, -0.25) is 14.8 Å². The Morgan fingerprint density at radius 1 is 1.04 bits per heavy atom. The van der Waals surface area contributed by atoms with E-state index < -0.39 is 36.3 Å². The summed E-state index contributed by atoms with van der Waals surface area (Å²) < 4.78 is 69.6. The second-order valence-corrected chi connectivity index (χ2v) is 13.4. The Morgan fingerprint density at radius 2 is 1.78 bits per heavy atom. The van der Waals surface area contributed by atoms with Crippen molar-refractivity contribution in [3.05, 3.63) is 87.7 Å². The van der Waals surface area contributed by atoms with Crippen LogP contribution in [-0.4, -0.2) is 39.2 Å². The number of rotatable bonds is 9. The summed E-state index contributed by atoms with van der Waals surface area (Å²) in [5.41, 5.74) is 4.88. The fraction of sp³-hybridized carbons (Fsp3) is 0.353. The number of nitrogens with zero attached hydrogens (tertiary/aromatic N) is 5. The summed E-state index contributed by atoms with van der Waals surface area (Å²) in [6.07, 6.45) is -3.54. The lowest BCUT2D eigenvalue weighted by Crippen LogP contribution is -2.52. The highest BCUT2D eigenvalue weighted by Crippen LogP contribution is 2.54. The number of alkyl halides is 5. The number of nitriles is 2. The first-order valence-electron chi connectivity index (χ1n) is 15.4. The predicted octanol–water partition coefficient (Wildman–Crippen LogP) is 6.43. The van der Waals surface area contributed by atoms with Crippen LogP contribution in [-0.2, 0) is 6.54 Å². The first-order chi connectivity index (χ1) is 23.2. The number of benzene rings is 2. The second-order valence-electron chi connectivity index (χ2n) is 13.4. The van der Waals surface area contributed by atoms with Crippen LogP contribution in [0, 0.1) is 28.1 Å². The molecule has 10 nitrogen and oxygen atoms in total. The zero-order chi connectivity index (χ0) is 35.3. The minimum Gasteiger partial charge on any atom is -0.383 e. The lowest BCUT2D eigenvalue weighted by Gasteiger charge is -2.28. The van der Waals surface area contributed by atoms with Crippen molar-refractivity contribution < 1.29 is 22.0 Å². The van der Waals surface area contributed by atoms with Gasteiger partial charge in [-0.15, -0.1) is 5.53 Å². The van der Waals surface area contributed by atoms with Gasteiger partial charge in [0, 0.05) is 41.6 Å². The average molecular weight is 678 g/mol. The van der Waals surface area contributed by atoms with Crippen LogP contribution in [0.3, 0.4) is 0 Å². The Labute approximate surface area is 277 Å². The largest absolute Gasteiger partial charge is 0.413 e. The van der Waals surface area contributed by atoms with Crippen LogP contribution in [0.25, 0.3) is 21.7 Å². The maximum Gasteiger partial charge on any atom is 0.413 e. The molecule has 1 aliphatic carbocycles. The Bertz CT molecular complexity index is 2120. The molecule has 1 fully saturated rings. The van der Waals surface area contributed by atoms with Gasteiger partial charge >= 0.3 is 6.18 Å². The van der Waals surface area contributed by atoms with E-state index in [0.717, 1.165) is 9.58 Å². The molecule has 0 spiro atoms. The van der Waals surface area contributed by atoms with E-state index >= 15 is 0 Å². The molecule has 4 N–H and O–H groups in total. The fourth-order valence-electron chi connectivity index (χ4n) is 5.96. The molecule has 1 aliphatic heterocycles. The molecule has 2 aromatic heterocycles. The van der Waals surface area contributed by atoms with Crippen LogP contribution in [0.4, 0.5) is 33.3 Å². The van der Waals surface area contributed by atoms with Crippen LogP contribution < -0.4 is 27.2 Å². The third-order valence-corrected chi connectivity index (χ3v) is 8.63. The van der Waals surface area contributed by atoms with Crippen molar-refractivity contribution in [2.24, 2.45) is 5.41 Å². The van der Waals surface area contributed by atoms with Crippen LogP contribution in [0.2, 0.25) is 0 Å². The van der Waals surface area contributed by atoms with E-state index in [9.17, 15) is 37.3 Å². The summed E-state index contributed by atoms with van der Waals surface area (Å²) in [5.74, 6) is 0. The van der Waals surface area contributed by atoms with Crippen LogP contribution in [0.5, 0.6) is 0 Å². The number of halogens is 5. The van der Waals surface area contributed by atoms with Gasteiger partial charge in [0.25, 0.3) is 12.0 Å². The summed E-state index contributed by atoms with van der Waals surface area (Å²) in [5, 5.41) is 28.7. The lowest BCUT2D eigenvalue weighted by molar-refractivity contribution is -0.195. The molecule has 0 amide bonds. The summed E-state index contributed by atoms with van der Waals surface area (Å²) >= 11 is 0. The third-order valence-electron chi connectivity index (χ3n) is 8.63. The Balaban J connectivity index is 1.51. The highest BCUT2D eigenvalue weighted by Gasteiger charge is 2.67. The van der Waals surface area contributed by atoms with Gasteiger partial charge in [-0.1, -0.05) is 32.9 Å². The van der Waals surface area contributed by atoms with Gasteiger partial charge in [-0.25, -0.2) is 8.78 Å². The van der Waals surface area contributed by atoms with Crippen molar-refractivity contribution in [1.29, 1.82) is 10.5 Å². The van der Waals surface area contributed by atoms with Gasteiger partial charge in [0.2, 0.25) is 0 Å². The Hall–Kier alpha value is -5.41. The van der Waals surface area contributed by atoms with Gasteiger partial charge < -0.3 is 20.6 Å². The standard InChI is InChI=1S/C34H32F5N9O/c1-32(2,3)18-43-29-20(14-41)15-42-28-19(13-40)11-21(12-25(28)29)44-30(26-16-48(46-45-26)33(8-9-33)34(37,38)39)23-5-4-6-24-22(23)7-10-47(31(24)49)17-27(35)36/h4-7,10-12,15-16,27,30,44-46H,8-9,17-18H2,1-3H3,(H,42,43)/t30-/m0/s1. The van der Waals surface area contributed by atoms with Crippen molar-refractivity contribution >= 4 is 33.1 Å². The maximum absolute atomic E-state index is 14.1. The fourth-order valence-corrected chi connectivity index (χ4v) is 5.96. The highest BCUT2D eigenvalue weighted by atomic mass is 19.4. The topological polar surface area (TPSA) is 134 Å². The quantitative estimate of drug-likeness (QED) is 0.148. The van der Waals surface area contributed by atoms with Crippen LogP contribution >= 0.6 is 0 Å². The molecule has 1 atom stereocenters. The van der Waals surface area contributed by atoms with Gasteiger partial charge in [-0.2, -0.15) is 23.7 Å². The smallest absolute Gasteiger partial charge is 0.383 e. The Kier molecular flexibility index (Phi) is 8.36. The van der Waals surface area contributed by atoms with E-state index in [0.29, 0.717) is 39.8 Å². The van der Waals surface area contributed by atoms with Crippen molar-refractivity contribution in [3.63, 3.8) is 0 Å². The molecular weight excluding hydrogens is 645 g/mol. The molecule has 0 saturated heterocycles. The molecule has 6 rings (SSSR count). The molecule has 49 heavy (non-hydrogen) atoms. The number of hydrazine groups is 2. The average Bonchev–Trinajstić information content (AvgIpc) is 3.73.